The van der Waals surface area contributed by atoms with Gasteiger partial charge in [-0.05, 0) is 24.1 Å². The number of fused-ring (bicyclic) bond motifs is 1. The van der Waals surface area contributed by atoms with E-state index in [0.717, 1.165) is 11.2 Å². The molecule has 2 heterocycles. The maximum absolute atomic E-state index is 5.62. The van der Waals surface area contributed by atoms with Gasteiger partial charge in [-0.15, -0.1) is 0 Å². The Bertz CT molecular complexity index is 1150. The minimum absolute atomic E-state index is 0.499. The summed E-state index contributed by atoms with van der Waals surface area (Å²) in [5.41, 5.74) is 4.33. The quantitative estimate of drug-likeness (QED) is 0.420. The van der Waals surface area contributed by atoms with E-state index in [1.165, 1.54) is 5.56 Å². The third-order valence-corrected chi connectivity index (χ3v) is 4.48. The van der Waals surface area contributed by atoms with Crippen LogP contribution in [0.25, 0.3) is 29.1 Å². The van der Waals surface area contributed by atoms with E-state index in [2.05, 4.69) is 28.7 Å². The lowest BCUT2D eigenvalue weighted by Crippen LogP contribution is -2.03. The summed E-state index contributed by atoms with van der Waals surface area (Å²) in [5.74, 6) is 1.09. The van der Waals surface area contributed by atoms with Crippen LogP contribution >= 0.6 is 0 Å². The van der Waals surface area contributed by atoms with Gasteiger partial charge in [-0.1, -0.05) is 73.3 Å². The zero-order chi connectivity index (χ0) is 20.1. The Kier molecular flexibility index (Phi) is 5.47. The average Bonchev–Trinajstić information content (AvgIpc) is 3.16. The van der Waals surface area contributed by atoms with Gasteiger partial charge in [0.1, 0.15) is 17.0 Å². The standard InChI is InChI=1S/C24H22N4O/c1-3-29-18(2)22-23-24(28(17-25-23)16-20-12-8-5-9-13-20)27-21(26-22)15-14-19-10-6-4-7-11-19/h4-15,17H,2-3,16H2,1H3/b15-14+. The summed E-state index contributed by atoms with van der Waals surface area (Å²) in [7, 11) is 0. The SMILES string of the molecule is C=C(OCC)c1nc(/C=C/c2ccccc2)nc2c1ncn2Cc1ccccc1. The van der Waals surface area contributed by atoms with E-state index in [-0.39, 0.29) is 0 Å². The van der Waals surface area contributed by atoms with Crippen molar-refractivity contribution in [2.45, 2.75) is 13.5 Å². The number of hydrogen-bond donors (Lipinski definition) is 0. The summed E-state index contributed by atoms with van der Waals surface area (Å²) in [6, 6.07) is 20.3. The first-order valence-electron chi connectivity index (χ1n) is 9.56. The van der Waals surface area contributed by atoms with Gasteiger partial charge in [0.05, 0.1) is 19.5 Å². The first kappa shape index (κ1) is 18.6. The Labute approximate surface area is 170 Å². The van der Waals surface area contributed by atoms with Gasteiger partial charge < -0.3 is 9.30 Å². The van der Waals surface area contributed by atoms with E-state index in [1.807, 2.05) is 72.2 Å². The Balaban J connectivity index is 1.78. The molecule has 0 amide bonds. The van der Waals surface area contributed by atoms with Crippen LogP contribution in [0.1, 0.15) is 29.6 Å². The van der Waals surface area contributed by atoms with Crippen LogP contribution in [0.5, 0.6) is 0 Å². The third kappa shape index (κ3) is 4.24. The second-order valence-corrected chi connectivity index (χ2v) is 6.56. The molecule has 0 N–H and O–H groups in total. The van der Waals surface area contributed by atoms with Gasteiger partial charge in [0, 0.05) is 0 Å². The number of imidazole rings is 1. The maximum atomic E-state index is 5.62. The molecule has 144 valence electrons. The summed E-state index contributed by atoms with van der Waals surface area (Å²) in [6.45, 7) is 7.15. The van der Waals surface area contributed by atoms with E-state index >= 15 is 0 Å². The fourth-order valence-electron chi connectivity index (χ4n) is 3.10. The van der Waals surface area contributed by atoms with Crippen molar-refractivity contribution in [3.8, 4) is 0 Å². The highest BCUT2D eigenvalue weighted by Crippen LogP contribution is 2.23. The van der Waals surface area contributed by atoms with E-state index in [0.29, 0.717) is 35.9 Å². The molecule has 0 radical (unpaired) electrons. The smallest absolute Gasteiger partial charge is 0.164 e. The van der Waals surface area contributed by atoms with Crippen LogP contribution < -0.4 is 0 Å². The summed E-state index contributed by atoms with van der Waals surface area (Å²) in [5, 5.41) is 0. The number of aromatic nitrogens is 4. The first-order chi connectivity index (χ1) is 14.2. The van der Waals surface area contributed by atoms with Gasteiger partial charge in [-0.3, -0.25) is 0 Å². The fourth-order valence-corrected chi connectivity index (χ4v) is 3.10. The molecule has 4 rings (SSSR count). The highest BCUT2D eigenvalue weighted by Gasteiger charge is 2.16. The van der Waals surface area contributed by atoms with Crippen molar-refractivity contribution < 1.29 is 4.74 Å². The van der Waals surface area contributed by atoms with Crippen LogP contribution in [-0.4, -0.2) is 26.1 Å². The molecular weight excluding hydrogens is 360 g/mol. The van der Waals surface area contributed by atoms with Crippen LogP contribution in [0.3, 0.4) is 0 Å². The van der Waals surface area contributed by atoms with Crippen LogP contribution in [0.4, 0.5) is 0 Å². The number of ether oxygens (including phenoxy) is 1. The second kappa shape index (κ2) is 8.52. The normalized spacial score (nSPS) is 11.2. The monoisotopic (exact) mass is 382 g/mol. The lowest BCUT2D eigenvalue weighted by molar-refractivity contribution is 0.298. The zero-order valence-corrected chi connectivity index (χ0v) is 16.3. The Morgan fingerprint density at radius 2 is 1.72 bits per heavy atom. The molecule has 0 aliphatic rings. The summed E-state index contributed by atoms with van der Waals surface area (Å²) < 4.78 is 7.65. The van der Waals surface area contributed by atoms with Crippen LogP contribution in [-0.2, 0) is 11.3 Å². The van der Waals surface area contributed by atoms with E-state index in [4.69, 9.17) is 9.72 Å². The van der Waals surface area contributed by atoms with Gasteiger partial charge in [0.15, 0.2) is 11.5 Å². The number of rotatable bonds is 7. The Hall–Kier alpha value is -3.73. The van der Waals surface area contributed by atoms with Gasteiger partial charge in [0.25, 0.3) is 0 Å². The first-order valence-corrected chi connectivity index (χ1v) is 9.56. The predicted molar refractivity (Wildman–Crippen MR) is 117 cm³/mol. The van der Waals surface area contributed by atoms with E-state index < -0.39 is 0 Å². The fraction of sp³-hybridized carbons (Fsp3) is 0.125. The Morgan fingerprint density at radius 3 is 2.45 bits per heavy atom. The molecule has 5 heteroatoms. The largest absolute Gasteiger partial charge is 0.492 e. The molecule has 2 aromatic carbocycles. The lowest BCUT2D eigenvalue weighted by atomic mass is 10.2. The van der Waals surface area contributed by atoms with E-state index in [9.17, 15) is 0 Å². The molecule has 0 atom stereocenters. The number of nitrogens with zero attached hydrogens (tertiary/aromatic N) is 4. The molecule has 4 aromatic rings. The van der Waals surface area contributed by atoms with Gasteiger partial charge >= 0.3 is 0 Å². The highest BCUT2D eigenvalue weighted by molar-refractivity contribution is 5.84. The molecule has 0 spiro atoms. The molecule has 0 aliphatic carbocycles. The van der Waals surface area contributed by atoms with Crippen molar-refractivity contribution >= 4 is 29.1 Å². The topological polar surface area (TPSA) is 52.8 Å². The predicted octanol–water partition coefficient (Wildman–Crippen LogP) is 5.05. The summed E-state index contributed by atoms with van der Waals surface area (Å²) >= 11 is 0. The highest BCUT2D eigenvalue weighted by atomic mass is 16.5. The van der Waals surface area contributed by atoms with Crippen molar-refractivity contribution in [1.82, 2.24) is 19.5 Å². The number of hydrogen-bond acceptors (Lipinski definition) is 4. The van der Waals surface area contributed by atoms with Crippen LogP contribution in [0.15, 0.2) is 73.6 Å². The second-order valence-electron chi connectivity index (χ2n) is 6.56. The maximum Gasteiger partial charge on any atom is 0.164 e. The molecule has 0 aliphatic heterocycles. The zero-order valence-electron chi connectivity index (χ0n) is 16.3. The molecule has 2 aromatic heterocycles. The van der Waals surface area contributed by atoms with Crippen molar-refractivity contribution in [2.24, 2.45) is 0 Å². The molecule has 0 fully saturated rings. The van der Waals surface area contributed by atoms with E-state index in [1.54, 1.807) is 6.33 Å². The van der Waals surface area contributed by atoms with Crippen molar-refractivity contribution in [2.75, 3.05) is 6.61 Å². The van der Waals surface area contributed by atoms with Gasteiger partial charge in [0.2, 0.25) is 0 Å². The number of benzene rings is 2. The summed E-state index contributed by atoms with van der Waals surface area (Å²) in [4.78, 5) is 14.0. The van der Waals surface area contributed by atoms with Crippen LogP contribution in [0, 0.1) is 0 Å². The molecular formula is C24H22N4O. The average molecular weight is 382 g/mol. The van der Waals surface area contributed by atoms with Crippen molar-refractivity contribution in [1.29, 1.82) is 0 Å². The molecule has 29 heavy (non-hydrogen) atoms. The molecule has 0 saturated heterocycles. The third-order valence-electron chi connectivity index (χ3n) is 4.48. The minimum atomic E-state index is 0.499. The Morgan fingerprint density at radius 1 is 1.00 bits per heavy atom. The van der Waals surface area contributed by atoms with Gasteiger partial charge in [-0.25, -0.2) is 15.0 Å². The van der Waals surface area contributed by atoms with Crippen molar-refractivity contribution in [3.05, 3.63) is 96.2 Å². The van der Waals surface area contributed by atoms with Crippen LogP contribution in [0.2, 0.25) is 0 Å². The molecule has 5 nitrogen and oxygen atoms in total. The molecule has 0 bridgehead atoms. The molecule has 0 saturated carbocycles. The molecule has 0 unspecified atom stereocenters. The minimum Gasteiger partial charge on any atom is -0.492 e. The summed E-state index contributed by atoms with van der Waals surface area (Å²) in [6.07, 6.45) is 5.68. The van der Waals surface area contributed by atoms with Gasteiger partial charge in [-0.2, -0.15) is 0 Å². The lowest BCUT2D eigenvalue weighted by Gasteiger charge is -2.09. The van der Waals surface area contributed by atoms with Crippen molar-refractivity contribution in [3.63, 3.8) is 0 Å².